The minimum atomic E-state index is -1.02. The van der Waals surface area contributed by atoms with Crippen LogP contribution in [0.25, 0.3) is 11.2 Å². The summed E-state index contributed by atoms with van der Waals surface area (Å²) in [6.07, 6.45) is -0.196. The first-order valence-electron chi connectivity index (χ1n) is 5.08. The van der Waals surface area contributed by atoms with Gasteiger partial charge in [0, 0.05) is 13.6 Å². The van der Waals surface area contributed by atoms with Crippen LogP contribution in [-0.4, -0.2) is 30.2 Å². The smallest absolute Gasteiger partial charge is 0.329 e. The largest absolute Gasteiger partial charge is 0.481 e. The first-order chi connectivity index (χ1) is 8.41. The van der Waals surface area contributed by atoms with Crippen LogP contribution in [0.2, 0.25) is 0 Å². The molecule has 0 aliphatic rings. The van der Waals surface area contributed by atoms with Gasteiger partial charge in [-0.1, -0.05) is 0 Å². The molecule has 18 heavy (non-hydrogen) atoms. The van der Waals surface area contributed by atoms with Gasteiger partial charge < -0.3 is 15.4 Å². The Kier molecular flexibility index (Phi) is 2.66. The van der Waals surface area contributed by atoms with E-state index in [1.165, 1.54) is 11.6 Å². The number of nitrogens with one attached hydrogen (secondary N) is 1. The topological polar surface area (TPSA) is 136 Å². The van der Waals surface area contributed by atoms with Gasteiger partial charge in [-0.25, -0.2) is 4.79 Å². The number of nitrogens with two attached hydrogens (primary N) is 1. The number of hydrogen-bond acceptors (Lipinski definition) is 5. The van der Waals surface area contributed by atoms with E-state index in [1.807, 2.05) is 0 Å². The number of aromatic nitrogens is 4. The van der Waals surface area contributed by atoms with Gasteiger partial charge in [0.15, 0.2) is 11.2 Å². The predicted molar refractivity (Wildman–Crippen MR) is 62.3 cm³/mol. The van der Waals surface area contributed by atoms with Crippen molar-refractivity contribution < 1.29 is 9.90 Å². The molecule has 9 nitrogen and oxygen atoms in total. The quantitative estimate of drug-likeness (QED) is 0.607. The SMILES string of the molecule is Cn1c(=O)[nH]c(=O)c2c1nc(N)n2CCC(=O)O. The van der Waals surface area contributed by atoms with Crippen LogP contribution in [0.5, 0.6) is 0 Å². The summed E-state index contributed by atoms with van der Waals surface area (Å²) in [5.74, 6) is -1.02. The minimum Gasteiger partial charge on any atom is -0.481 e. The average Bonchev–Trinajstić information content (AvgIpc) is 2.61. The third kappa shape index (κ3) is 1.75. The number of rotatable bonds is 3. The van der Waals surface area contributed by atoms with E-state index in [4.69, 9.17) is 10.8 Å². The lowest BCUT2D eigenvalue weighted by Crippen LogP contribution is -2.29. The molecule has 0 fully saturated rings. The summed E-state index contributed by atoms with van der Waals surface area (Å²) >= 11 is 0. The Bertz CT molecular complexity index is 738. The summed E-state index contributed by atoms with van der Waals surface area (Å²) in [6.45, 7) is 0.0128. The predicted octanol–water partition coefficient (Wildman–Crippen LogP) is -1.52. The van der Waals surface area contributed by atoms with Gasteiger partial charge in [0.1, 0.15) is 0 Å². The number of hydrogen-bond donors (Lipinski definition) is 3. The number of aryl methyl sites for hydroxylation is 2. The maximum atomic E-state index is 11.7. The van der Waals surface area contributed by atoms with Crippen molar-refractivity contribution in [3.8, 4) is 0 Å². The molecular formula is C9H11N5O4. The van der Waals surface area contributed by atoms with Crippen molar-refractivity contribution in [2.24, 2.45) is 7.05 Å². The Morgan fingerprint density at radius 3 is 2.78 bits per heavy atom. The second-order valence-corrected chi connectivity index (χ2v) is 3.76. The van der Waals surface area contributed by atoms with Crippen molar-refractivity contribution in [2.45, 2.75) is 13.0 Å². The molecule has 0 aliphatic carbocycles. The number of anilines is 1. The van der Waals surface area contributed by atoms with Gasteiger partial charge in [-0.3, -0.25) is 19.1 Å². The molecule has 0 saturated carbocycles. The molecule has 0 aliphatic heterocycles. The van der Waals surface area contributed by atoms with Crippen LogP contribution >= 0.6 is 0 Å². The lowest BCUT2D eigenvalue weighted by atomic mass is 10.4. The van der Waals surface area contributed by atoms with Crippen molar-refractivity contribution in [2.75, 3.05) is 5.73 Å². The van der Waals surface area contributed by atoms with Gasteiger partial charge in [0.05, 0.1) is 6.42 Å². The maximum Gasteiger partial charge on any atom is 0.329 e. The average molecular weight is 253 g/mol. The molecule has 2 heterocycles. The van der Waals surface area contributed by atoms with Gasteiger partial charge in [-0.05, 0) is 0 Å². The number of nitrogen functional groups attached to an aromatic ring is 1. The standard InChI is InChI=1S/C9H11N5O4/c1-13-6-5(7(17)12-9(13)18)14(8(10)11-6)3-2-4(15)16/h2-3H2,1H3,(H2,10,11)(H,15,16)(H,12,17,18). The molecule has 0 saturated heterocycles. The minimum absolute atomic E-state index is 0.00190. The summed E-state index contributed by atoms with van der Waals surface area (Å²) in [5, 5.41) is 8.63. The number of carbonyl (C=O) groups is 1. The van der Waals surface area contributed by atoms with E-state index < -0.39 is 17.2 Å². The van der Waals surface area contributed by atoms with Crippen LogP contribution in [0.3, 0.4) is 0 Å². The zero-order chi connectivity index (χ0) is 13.4. The first-order valence-corrected chi connectivity index (χ1v) is 5.08. The number of nitrogens with zero attached hydrogens (tertiary/aromatic N) is 3. The molecule has 0 radical (unpaired) electrons. The van der Waals surface area contributed by atoms with Crippen molar-refractivity contribution >= 4 is 23.1 Å². The fourth-order valence-corrected chi connectivity index (χ4v) is 1.69. The zero-order valence-corrected chi connectivity index (χ0v) is 9.51. The monoisotopic (exact) mass is 253 g/mol. The molecular weight excluding hydrogens is 242 g/mol. The van der Waals surface area contributed by atoms with Gasteiger partial charge in [0.25, 0.3) is 5.56 Å². The number of fused-ring (bicyclic) bond motifs is 1. The molecule has 0 amide bonds. The number of aromatic amines is 1. The normalized spacial score (nSPS) is 10.9. The highest BCUT2D eigenvalue weighted by Gasteiger charge is 2.15. The van der Waals surface area contributed by atoms with E-state index in [0.29, 0.717) is 0 Å². The van der Waals surface area contributed by atoms with Crippen LogP contribution < -0.4 is 17.0 Å². The molecule has 0 spiro atoms. The number of carboxylic acid groups (broad SMARTS) is 1. The Labute approximate surface area is 99.5 Å². The second-order valence-electron chi connectivity index (χ2n) is 3.76. The summed E-state index contributed by atoms with van der Waals surface area (Å²) in [4.78, 5) is 39.6. The Balaban J connectivity index is 2.71. The molecule has 0 unspecified atom stereocenters. The first kappa shape index (κ1) is 11.9. The molecule has 2 aromatic heterocycles. The molecule has 2 aromatic rings. The summed E-state index contributed by atoms with van der Waals surface area (Å²) in [7, 11) is 1.44. The van der Waals surface area contributed by atoms with Crippen LogP contribution in [0.15, 0.2) is 9.59 Å². The lowest BCUT2D eigenvalue weighted by molar-refractivity contribution is -0.137. The van der Waals surface area contributed by atoms with Crippen LogP contribution in [0.4, 0.5) is 5.95 Å². The number of carboxylic acids is 1. The van der Waals surface area contributed by atoms with Crippen LogP contribution in [0.1, 0.15) is 6.42 Å². The van der Waals surface area contributed by atoms with E-state index in [-0.39, 0.29) is 30.1 Å². The molecule has 0 atom stereocenters. The molecule has 0 aromatic carbocycles. The number of imidazole rings is 1. The molecule has 0 bridgehead atoms. The van der Waals surface area contributed by atoms with E-state index in [0.717, 1.165) is 4.57 Å². The number of aliphatic carboxylic acids is 1. The van der Waals surface area contributed by atoms with E-state index in [9.17, 15) is 14.4 Å². The van der Waals surface area contributed by atoms with E-state index >= 15 is 0 Å². The van der Waals surface area contributed by atoms with Gasteiger partial charge >= 0.3 is 11.7 Å². The van der Waals surface area contributed by atoms with Crippen LogP contribution in [-0.2, 0) is 18.4 Å². The van der Waals surface area contributed by atoms with Gasteiger partial charge in [-0.15, -0.1) is 0 Å². The molecule has 4 N–H and O–H groups in total. The maximum absolute atomic E-state index is 11.7. The molecule has 96 valence electrons. The Morgan fingerprint density at radius 1 is 1.50 bits per heavy atom. The number of H-pyrrole nitrogens is 1. The second kappa shape index (κ2) is 4.02. The van der Waals surface area contributed by atoms with Gasteiger partial charge in [0.2, 0.25) is 5.95 Å². The van der Waals surface area contributed by atoms with E-state index in [1.54, 1.807) is 0 Å². The van der Waals surface area contributed by atoms with Gasteiger partial charge in [-0.2, -0.15) is 4.98 Å². The van der Waals surface area contributed by atoms with Crippen LogP contribution in [0, 0.1) is 0 Å². The summed E-state index contributed by atoms with van der Waals surface area (Å²) < 4.78 is 2.42. The fraction of sp³-hybridized carbons (Fsp3) is 0.333. The fourth-order valence-electron chi connectivity index (χ4n) is 1.69. The van der Waals surface area contributed by atoms with Crippen molar-refractivity contribution in [1.29, 1.82) is 0 Å². The van der Waals surface area contributed by atoms with E-state index in [2.05, 4.69) is 9.97 Å². The highest BCUT2D eigenvalue weighted by atomic mass is 16.4. The molecule has 9 heteroatoms. The zero-order valence-electron chi connectivity index (χ0n) is 9.51. The Hall–Kier alpha value is -2.58. The highest BCUT2D eigenvalue weighted by molar-refractivity contribution is 5.74. The third-order valence-corrected chi connectivity index (χ3v) is 2.59. The molecule has 2 rings (SSSR count). The summed E-state index contributed by atoms with van der Waals surface area (Å²) in [5.41, 5.74) is 4.60. The highest BCUT2D eigenvalue weighted by Crippen LogP contribution is 2.12. The van der Waals surface area contributed by atoms with Crippen molar-refractivity contribution in [1.82, 2.24) is 19.1 Å². The Morgan fingerprint density at radius 2 is 2.17 bits per heavy atom. The summed E-state index contributed by atoms with van der Waals surface area (Å²) in [6, 6.07) is 0. The third-order valence-electron chi connectivity index (χ3n) is 2.59. The lowest BCUT2D eigenvalue weighted by Gasteiger charge is -2.03. The van der Waals surface area contributed by atoms with Crippen molar-refractivity contribution in [3.05, 3.63) is 20.8 Å². The van der Waals surface area contributed by atoms with Crippen molar-refractivity contribution in [3.63, 3.8) is 0 Å².